The second kappa shape index (κ2) is 8.81. The molecular formula is C17H14BrFN2O4S. The lowest BCUT2D eigenvalue weighted by Gasteiger charge is -2.25. The Labute approximate surface area is 162 Å². The van der Waals surface area contributed by atoms with Crippen molar-refractivity contribution < 1.29 is 18.8 Å². The molecule has 0 fully saturated rings. The maximum absolute atomic E-state index is 14.4. The van der Waals surface area contributed by atoms with Crippen LogP contribution in [0.2, 0.25) is 0 Å². The Morgan fingerprint density at radius 1 is 1.31 bits per heavy atom. The first kappa shape index (κ1) is 19.9. The van der Waals surface area contributed by atoms with Crippen molar-refractivity contribution in [2.24, 2.45) is 0 Å². The second-order valence-electron chi connectivity index (χ2n) is 5.10. The summed E-state index contributed by atoms with van der Waals surface area (Å²) in [5.74, 6) is -1.15. The molecule has 26 heavy (non-hydrogen) atoms. The number of anilines is 1. The van der Waals surface area contributed by atoms with E-state index in [-0.39, 0.29) is 29.5 Å². The zero-order valence-electron chi connectivity index (χ0n) is 13.6. The zero-order chi connectivity index (χ0) is 19.3. The van der Waals surface area contributed by atoms with Crippen LogP contribution in [0.5, 0.6) is 0 Å². The van der Waals surface area contributed by atoms with Gasteiger partial charge in [0.25, 0.3) is 5.69 Å². The van der Waals surface area contributed by atoms with Crippen LogP contribution in [0.3, 0.4) is 0 Å². The van der Waals surface area contributed by atoms with Crippen molar-refractivity contribution in [3.63, 3.8) is 0 Å². The quantitative estimate of drug-likeness (QED) is 0.289. The summed E-state index contributed by atoms with van der Waals surface area (Å²) in [5, 5.41) is 10.8. The Hall–Kier alpha value is -2.39. The molecular weight excluding hydrogens is 427 g/mol. The first-order valence-corrected chi connectivity index (χ1v) is 8.70. The molecule has 0 N–H and O–H groups in total. The average molecular weight is 441 g/mol. The van der Waals surface area contributed by atoms with E-state index < -0.39 is 16.7 Å². The molecule has 0 amide bonds. The molecule has 0 saturated carbocycles. The van der Waals surface area contributed by atoms with Gasteiger partial charge in [-0.3, -0.25) is 14.9 Å². The molecule has 0 spiro atoms. The molecule has 0 bridgehead atoms. The summed E-state index contributed by atoms with van der Waals surface area (Å²) in [4.78, 5) is 23.6. The van der Waals surface area contributed by atoms with Crippen molar-refractivity contribution in [2.75, 3.05) is 18.1 Å². The first-order valence-electron chi connectivity index (χ1n) is 7.50. The zero-order valence-corrected chi connectivity index (χ0v) is 16.0. The third-order valence-electron chi connectivity index (χ3n) is 3.36. The van der Waals surface area contributed by atoms with Gasteiger partial charge in [0.05, 0.1) is 17.2 Å². The van der Waals surface area contributed by atoms with E-state index in [0.717, 1.165) is 0 Å². The number of nitro groups is 1. The molecule has 0 aromatic heterocycles. The minimum Gasteiger partial charge on any atom is -0.465 e. The third kappa shape index (κ3) is 4.83. The maximum Gasteiger partial charge on any atom is 0.325 e. The Bertz CT molecular complexity index is 845. The Morgan fingerprint density at radius 2 is 1.96 bits per heavy atom. The third-order valence-corrected chi connectivity index (χ3v) is 4.31. The number of esters is 1. The number of halogens is 2. The topological polar surface area (TPSA) is 72.7 Å². The van der Waals surface area contributed by atoms with Gasteiger partial charge in [-0.2, -0.15) is 0 Å². The lowest BCUT2D eigenvalue weighted by atomic mass is 10.1. The lowest BCUT2D eigenvalue weighted by Crippen LogP contribution is -2.36. The summed E-state index contributed by atoms with van der Waals surface area (Å²) in [6, 6.07) is 9.85. The highest BCUT2D eigenvalue weighted by Crippen LogP contribution is 2.26. The standard InChI is InChI=1S/C17H14BrFN2O4S/c1-2-25-16(22)10-20(15-8-5-12(18)9-14(15)19)17(26)11-3-6-13(7-4-11)21(23)24/h3-9H,2,10H2,1H3. The van der Waals surface area contributed by atoms with Gasteiger partial charge in [-0.25, -0.2) is 4.39 Å². The van der Waals surface area contributed by atoms with Crippen LogP contribution in [0.15, 0.2) is 46.9 Å². The van der Waals surface area contributed by atoms with Crippen LogP contribution in [0, 0.1) is 15.9 Å². The summed E-state index contributed by atoms with van der Waals surface area (Å²) in [6.45, 7) is 1.55. The van der Waals surface area contributed by atoms with Crippen LogP contribution in [-0.4, -0.2) is 29.0 Å². The number of nitro benzene ring substituents is 1. The first-order chi connectivity index (χ1) is 12.3. The van der Waals surface area contributed by atoms with Gasteiger partial charge < -0.3 is 9.64 Å². The monoisotopic (exact) mass is 440 g/mol. The van der Waals surface area contributed by atoms with E-state index in [0.29, 0.717) is 10.0 Å². The summed E-state index contributed by atoms with van der Waals surface area (Å²) in [7, 11) is 0. The SMILES string of the molecule is CCOC(=O)CN(C(=S)c1ccc([N+](=O)[O-])cc1)c1ccc(Br)cc1F. The molecule has 0 atom stereocenters. The summed E-state index contributed by atoms with van der Waals surface area (Å²) >= 11 is 8.58. The lowest BCUT2D eigenvalue weighted by molar-refractivity contribution is -0.384. The van der Waals surface area contributed by atoms with Crippen molar-refractivity contribution >= 4 is 50.5 Å². The van der Waals surface area contributed by atoms with Gasteiger partial charge in [-0.05, 0) is 37.3 Å². The van der Waals surface area contributed by atoms with Gasteiger partial charge in [0, 0.05) is 22.2 Å². The molecule has 2 aromatic carbocycles. The highest BCUT2D eigenvalue weighted by molar-refractivity contribution is 9.10. The van der Waals surface area contributed by atoms with Crippen molar-refractivity contribution in [3.8, 4) is 0 Å². The number of hydrogen-bond acceptors (Lipinski definition) is 5. The van der Waals surface area contributed by atoms with Gasteiger partial charge in [0.15, 0.2) is 0 Å². The molecule has 2 aromatic rings. The minimum atomic E-state index is -0.576. The fraction of sp³-hybridized carbons (Fsp3) is 0.176. The second-order valence-corrected chi connectivity index (χ2v) is 6.40. The van der Waals surface area contributed by atoms with Gasteiger partial charge in [-0.15, -0.1) is 0 Å². The number of non-ortho nitro benzene ring substituents is 1. The van der Waals surface area contributed by atoms with E-state index in [1.165, 1.54) is 41.3 Å². The summed E-state index contributed by atoms with van der Waals surface area (Å²) < 4.78 is 19.9. The van der Waals surface area contributed by atoms with Gasteiger partial charge in [0.2, 0.25) is 0 Å². The molecule has 0 aliphatic carbocycles. The Balaban J connectivity index is 2.40. The van der Waals surface area contributed by atoms with Crippen LogP contribution in [-0.2, 0) is 9.53 Å². The van der Waals surface area contributed by atoms with Crippen LogP contribution in [0.1, 0.15) is 12.5 Å². The van der Waals surface area contributed by atoms with Crippen LogP contribution < -0.4 is 4.90 Å². The molecule has 0 aliphatic heterocycles. The predicted octanol–water partition coefficient (Wildman–Crippen LogP) is 4.24. The number of carbonyl (C=O) groups is 1. The molecule has 0 aliphatic rings. The van der Waals surface area contributed by atoms with E-state index in [4.69, 9.17) is 17.0 Å². The van der Waals surface area contributed by atoms with Crippen molar-refractivity contribution in [2.45, 2.75) is 6.92 Å². The highest BCUT2D eigenvalue weighted by Gasteiger charge is 2.22. The van der Waals surface area contributed by atoms with E-state index in [2.05, 4.69) is 15.9 Å². The number of nitrogens with zero attached hydrogens (tertiary/aromatic N) is 2. The molecule has 0 unspecified atom stereocenters. The van der Waals surface area contributed by atoms with E-state index in [1.807, 2.05) is 0 Å². The number of rotatable bonds is 6. The molecule has 2 rings (SSSR count). The van der Waals surface area contributed by atoms with E-state index in [9.17, 15) is 19.3 Å². The summed E-state index contributed by atoms with van der Waals surface area (Å²) in [6.07, 6.45) is 0. The number of ether oxygens (including phenoxy) is 1. The molecule has 136 valence electrons. The van der Waals surface area contributed by atoms with E-state index >= 15 is 0 Å². The number of benzene rings is 2. The normalized spacial score (nSPS) is 10.3. The average Bonchev–Trinajstić information content (AvgIpc) is 2.60. The maximum atomic E-state index is 14.4. The predicted molar refractivity (Wildman–Crippen MR) is 103 cm³/mol. The highest BCUT2D eigenvalue weighted by atomic mass is 79.9. The van der Waals surface area contributed by atoms with Gasteiger partial charge in [0.1, 0.15) is 17.4 Å². The molecule has 0 heterocycles. The minimum absolute atomic E-state index is 0.0942. The van der Waals surface area contributed by atoms with Crippen molar-refractivity contribution in [3.05, 3.63) is 68.4 Å². The van der Waals surface area contributed by atoms with Gasteiger partial charge >= 0.3 is 5.97 Å². The van der Waals surface area contributed by atoms with Crippen LogP contribution in [0.25, 0.3) is 0 Å². The van der Waals surface area contributed by atoms with E-state index in [1.54, 1.807) is 13.0 Å². The number of hydrogen-bond donors (Lipinski definition) is 0. The van der Waals surface area contributed by atoms with Crippen LogP contribution >= 0.6 is 28.1 Å². The number of thiocarbonyl (C=S) groups is 1. The molecule has 0 saturated heterocycles. The molecule has 9 heteroatoms. The van der Waals surface area contributed by atoms with Crippen molar-refractivity contribution in [1.82, 2.24) is 0 Å². The summed E-state index contributed by atoms with van der Waals surface area (Å²) in [5.41, 5.74) is 0.449. The largest absolute Gasteiger partial charge is 0.465 e. The van der Waals surface area contributed by atoms with Crippen molar-refractivity contribution in [1.29, 1.82) is 0 Å². The smallest absolute Gasteiger partial charge is 0.325 e. The fourth-order valence-corrected chi connectivity index (χ4v) is 2.82. The fourth-order valence-electron chi connectivity index (χ4n) is 2.18. The number of carbonyl (C=O) groups excluding carboxylic acids is 1. The molecule has 0 radical (unpaired) electrons. The van der Waals surface area contributed by atoms with Gasteiger partial charge in [-0.1, -0.05) is 28.1 Å². The molecule has 6 nitrogen and oxygen atoms in total. The Morgan fingerprint density at radius 3 is 2.50 bits per heavy atom. The Kier molecular flexibility index (Phi) is 6.76. The van der Waals surface area contributed by atoms with Crippen LogP contribution in [0.4, 0.5) is 15.8 Å².